The molecule has 1 saturated heterocycles. The van der Waals surface area contributed by atoms with Crippen LogP contribution in [-0.4, -0.2) is 50.3 Å². The van der Waals surface area contributed by atoms with Gasteiger partial charge in [-0.15, -0.1) is 24.0 Å². The molecule has 0 aromatic carbocycles. The standard InChI is InChI=1S/C12H25N3OS.HI/c1-12(6-4-9-17-12)10-15-11(13-2)14-7-5-8-16-3;/h4-10H2,1-3H3,(H2,13,14,15);1H. The smallest absolute Gasteiger partial charge is 0.191 e. The SMILES string of the molecule is CN=C(NCCCOC)NCC1(C)CCCS1.I. The van der Waals surface area contributed by atoms with E-state index in [1.54, 1.807) is 7.11 Å². The molecule has 0 aliphatic carbocycles. The van der Waals surface area contributed by atoms with Gasteiger partial charge in [0.05, 0.1) is 0 Å². The summed E-state index contributed by atoms with van der Waals surface area (Å²) >= 11 is 2.06. The predicted molar refractivity (Wildman–Crippen MR) is 91.4 cm³/mol. The van der Waals surface area contributed by atoms with Crippen LogP contribution in [0.25, 0.3) is 0 Å². The summed E-state index contributed by atoms with van der Waals surface area (Å²) < 4.78 is 5.39. The Hall–Kier alpha value is 0.310. The quantitative estimate of drug-likeness (QED) is 0.317. The molecule has 0 saturated carbocycles. The van der Waals surface area contributed by atoms with Crippen molar-refractivity contribution in [3.63, 3.8) is 0 Å². The van der Waals surface area contributed by atoms with Gasteiger partial charge in [-0.2, -0.15) is 11.8 Å². The minimum atomic E-state index is 0. The molecule has 0 aromatic rings. The van der Waals surface area contributed by atoms with Gasteiger partial charge in [-0.1, -0.05) is 0 Å². The molecule has 0 amide bonds. The number of methoxy groups -OCH3 is 1. The number of guanidine groups is 1. The molecular weight excluding hydrogens is 361 g/mol. The highest BCUT2D eigenvalue weighted by Crippen LogP contribution is 2.36. The minimum absolute atomic E-state index is 0. The van der Waals surface area contributed by atoms with Crippen molar-refractivity contribution in [2.24, 2.45) is 4.99 Å². The predicted octanol–water partition coefficient (Wildman–Crippen LogP) is 2.09. The third kappa shape index (κ3) is 7.04. The maximum absolute atomic E-state index is 5.01. The van der Waals surface area contributed by atoms with Crippen molar-refractivity contribution in [2.45, 2.75) is 30.9 Å². The van der Waals surface area contributed by atoms with Crippen molar-refractivity contribution >= 4 is 41.7 Å². The second-order valence-electron chi connectivity index (χ2n) is 4.60. The zero-order valence-electron chi connectivity index (χ0n) is 11.6. The van der Waals surface area contributed by atoms with E-state index in [1.165, 1.54) is 18.6 Å². The van der Waals surface area contributed by atoms with Crippen LogP contribution in [0.2, 0.25) is 0 Å². The van der Waals surface area contributed by atoms with Gasteiger partial charge in [0.1, 0.15) is 0 Å². The average molecular weight is 387 g/mol. The molecule has 1 aliphatic heterocycles. The summed E-state index contributed by atoms with van der Waals surface area (Å²) in [6.45, 7) is 5.01. The summed E-state index contributed by atoms with van der Waals surface area (Å²) in [5.41, 5.74) is 0. The van der Waals surface area contributed by atoms with Crippen LogP contribution in [0.1, 0.15) is 26.2 Å². The topological polar surface area (TPSA) is 45.7 Å². The van der Waals surface area contributed by atoms with Gasteiger partial charge in [-0.05, 0) is 31.9 Å². The van der Waals surface area contributed by atoms with E-state index in [0.29, 0.717) is 4.75 Å². The molecular formula is C12H26IN3OS. The van der Waals surface area contributed by atoms with E-state index >= 15 is 0 Å². The molecule has 0 radical (unpaired) electrons. The van der Waals surface area contributed by atoms with E-state index in [4.69, 9.17) is 4.74 Å². The lowest BCUT2D eigenvalue weighted by Gasteiger charge is -2.24. The van der Waals surface area contributed by atoms with Gasteiger partial charge < -0.3 is 15.4 Å². The molecule has 1 fully saturated rings. The number of halogens is 1. The number of rotatable bonds is 6. The number of aliphatic imine (C=N–C) groups is 1. The summed E-state index contributed by atoms with van der Waals surface area (Å²) in [5.74, 6) is 2.19. The minimum Gasteiger partial charge on any atom is -0.385 e. The van der Waals surface area contributed by atoms with Crippen molar-refractivity contribution < 1.29 is 4.74 Å². The summed E-state index contributed by atoms with van der Waals surface area (Å²) in [6, 6.07) is 0. The largest absolute Gasteiger partial charge is 0.385 e. The highest BCUT2D eigenvalue weighted by molar-refractivity contribution is 14.0. The van der Waals surface area contributed by atoms with Gasteiger partial charge in [0, 0.05) is 38.6 Å². The zero-order chi connectivity index (χ0) is 12.6. The molecule has 1 aliphatic rings. The first-order valence-corrected chi connectivity index (χ1v) is 7.26. The molecule has 0 bridgehead atoms. The Kier molecular flexibility index (Phi) is 10.3. The first-order valence-electron chi connectivity index (χ1n) is 6.27. The fourth-order valence-corrected chi connectivity index (χ4v) is 3.14. The molecule has 1 atom stereocenters. The second-order valence-corrected chi connectivity index (χ2v) is 6.28. The van der Waals surface area contributed by atoms with Crippen LogP contribution in [0.15, 0.2) is 4.99 Å². The molecule has 18 heavy (non-hydrogen) atoms. The Balaban J connectivity index is 0.00000289. The van der Waals surface area contributed by atoms with Gasteiger partial charge in [-0.3, -0.25) is 4.99 Å². The molecule has 0 spiro atoms. The van der Waals surface area contributed by atoms with Crippen LogP contribution < -0.4 is 10.6 Å². The first kappa shape index (κ1) is 18.3. The summed E-state index contributed by atoms with van der Waals surface area (Å²) in [4.78, 5) is 4.22. The molecule has 1 unspecified atom stereocenters. The van der Waals surface area contributed by atoms with Crippen LogP contribution in [-0.2, 0) is 4.74 Å². The van der Waals surface area contributed by atoms with Crippen molar-refractivity contribution in [2.75, 3.05) is 39.6 Å². The number of hydrogen-bond donors (Lipinski definition) is 2. The van der Waals surface area contributed by atoms with Crippen molar-refractivity contribution in [1.29, 1.82) is 0 Å². The maximum Gasteiger partial charge on any atom is 0.191 e. The molecule has 1 heterocycles. The highest BCUT2D eigenvalue weighted by atomic mass is 127. The van der Waals surface area contributed by atoms with Crippen LogP contribution in [0.3, 0.4) is 0 Å². The van der Waals surface area contributed by atoms with Gasteiger partial charge in [0.15, 0.2) is 5.96 Å². The van der Waals surface area contributed by atoms with Crippen LogP contribution in [0, 0.1) is 0 Å². The molecule has 2 N–H and O–H groups in total. The Bertz CT molecular complexity index is 245. The molecule has 4 nitrogen and oxygen atoms in total. The van der Waals surface area contributed by atoms with E-state index in [-0.39, 0.29) is 24.0 Å². The monoisotopic (exact) mass is 387 g/mol. The summed E-state index contributed by atoms with van der Waals surface area (Å²) in [6.07, 6.45) is 3.64. The van der Waals surface area contributed by atoms with Crippen molar-refractivity contribution in [3.05, 3.63) is 0 Å². The molecule has 108 valence electrons. The Morgan fingerprint density at radius 3 is 2.78 bits per heavy atom. The van der Waals surface area contributed by atoms with Gasteiger partial charge >= 0.3 is 0 Å². The third-order valence-electron chi connectivity index (χ3n) is 2.97. The van der Waals surface area contributed by atoms with E-state index in [2.05, 4.69) is 34.3 Å². The van der Waals surface area contributed by atoms with Gasteiger partial charge in [-0.25, -0.2) is 0 Å². The fourth-order valence-electron chi connectivity index (χ4n) is 1.89. The summed E-state index contributed by atoms with van der Waals surface area (Å²) in [5, 5.41) is 6.70. The van der Waals surface area contributed by atoms with Crippen molar-refractivity contribution in [1.82, 2.24) is 10.6 Å². The number of thioether (sulfide) groups is 1. The number of hydrogen-bond acceptors (Lipinski definition) is 3. The molecule has 0 aromatic heterocycles. The average Bonchev–Trinajstić information content (AvgIpc) is 2.76. The van der Waals surface area contributed by atoms with E-state index in [9.17, 15) is 0 Å². The summed E-state index contributed by atoms with van der Waals surface area (Å²) in [7, 11) is 3.54. The van der Waals surface area contributed by atoms with Crippen LogP contribution in [0.5, 0.6) is 0 Å². The Morgan fingerprint density at radius 1 is 1.44 bits per heavy atom. The van der Waals surface area contributed by atoms with E-state index in [0.717, 1.165) is 32.1 Å². The van der Waals surface area contributed by atoms with Gasteiger partial charge in [0.2, 0.25) is 0 Å². The van der Waals surface area contributed by atoms with Crippen molar-refractivity contribution in [3.8, 4) is 0 Å². The third-order valence-corrected chi connectivity index (χ3v) is 4.51. The van der Waals surface area contributed by atoms with Crippen LogP contribution >= 0.6 is 35.7 Å². The number of nitrogens with one attached hydrogen (secondary N) is 2. The van der Waals surface area contributed by atoms with Gasteiger partial charge in [0.25, 0.3) is 0 Å². The van der Waals surface area contributed by atoms with E-state index < -0.39 is 0 Å². The maximum atomic E-state index is 5.01. The van der Waals surface area contributed by atoms with Crippen LogP contribution in [0.4, 0.5) is 0 Å². The lowest BCUT2D eigenvalue weighted by atomic mass is 10.1. The zero-order valence-corrected chi connectivity index (χ0v) is 14.8. The lowest BCUT2D eigenvalue weighted by Crippen LogP contribution is -2.44. The fraction of sp³-hybridized carbons (Fsp3) is 0.917. The normalized spacial score (nSPS) is 23.6. The molecule has 6 heteroatoms. The Morgan fingerprint density at radius 2 is 2.22 bits per heavy atom. The molecule has 1 rings (SSSR count). The number of nitrogens with zero attached hydrogens (tertiary/aromatic N) is 1. The first-order chi connectivity index (χ1) is 8.20. The number of ether oxygens (including phenoxy) is 1. The lowest BCUT2D eigenvalue weighted by molar-refractivity contribution is 0.195. The second kappa shape index (κ2) is 10.1. The highest BCUT2D eigenvalue weighted by Gasteiger charge is 2.29. The van der Waals surface area contributed by atoms with E-state index in [1.807, 2.05) is 7.05 Å². The Labute approximate surface area is 132 Å².